The van der Waals surface area contributed by atoms with E-state index < -0.39 is 23.1 Å². The van der Waals surface area contributed by atoms with Gasteiger partial charge in [-0.05, 0) is 36.8 Å². The van der Waals surface area contributed by atoms with E-state index in [9.17, 15) is 13.6 Å². The van der Waals surface area contributed by atoms with Gasteiger partial charge in [0.2, 0.25) is 0 Å². The van der Waals surface area contributed by atoms with Crippen LogP contribution in [0.2, 0.25) is 0 Å². The van der Waals surface area contributed by atoms with Gasteiger partial charge in [-0.25, -0.2) is 8.78 Å². The zero-order valence-corrected chi connectivity index (χ0v) is 11.6. The predicted octanol–water partition coefficient (Wildman–Crippen LogP) is 3.21. The van der Waals surface area contributed by atoms with E-state index >= 15 is 0 Å². The number of hydrogen-bond donors (Lipinski definition) is 1. The number of carbonyl (C=O) groups is 1. The van der Waals surface area contributed by atoms with E-state index in [1.807, 2.05) is 6.07 Å². The Labute approximate surface area is 122 Å². The van der Waals surface area contributed by atoms with Crippen LogP contribution in [-0.2, 0) is 6.54 Å². The second-order valence-electron chi connectivity index (χ2n) is 4.66. The third-order valence-corrected chi connectivity index (χ3v) is 3.17. The van der Waals surface area contributed by atoms with Gasteiger partial charge >= 0.3 is 0 Å². The van der Waals surface area contributed by atoms with Gasteiger partial charge < -0.3 is 10.6 Å². The quantitative estimate of drug-likeness (QED) is 0.879. The first-order chi connectivity index (χ1) is 10.0. The average molecular weight is 290 g/mol. The van der Waals surface area contributed by atoms with E-state index in [-0.39, 0.29) is 6.54 Å². The van der Waals surface area contributed by atoms with Gasteiger partial charge in [0.1, 0.15) is 17.2 Å². The molecule has 0 aromatic heterocycles. The van der Waals surface area contributed by atoms with Crippen molar-refractivity contribution in [2.75, 3.05) is 12.3 Å². The fraction of sp³-hybridized carbons (Fsp3) is 0.188. The zero-order valence-electron chi connectivity index (χ0n) is 11.6. The summed E-state index contributed by atoms with van der Waals surface area (Å²) in [6.07, 6.45) is 0. The fourth-order valence-corrected chi connectivity index (χ4v) is 2.10. The van der Waals surface area contributed by atoms with E-state index in [0.717, 1.165) is 17.7 Å². The van der Waals surface area contributed by atoms with Gasteiger partial charge in [-0.1, -0.05) is 18.2 Å². The number of nitrogens with zero attached hydrogens (tertiary/aromatic N) is 1. The fourth-order valence-electron chi connectivity index (χ4n) is 2.10. The summed E-state index contributed by atoms with van der Waals surface area (Å²) in [4.78, 5) is 13.7. The number of nitrogens with two attached hydrogens (primary N) is 1. The van der Waals surface area contributed by atoms with Crippen LogP contribution in [-0.4, -0.2) is 17.4 Å². The standard InChI is InChI=1S/C16H16F2N2O/c1-2-20(10-11-5-3-6-12(19)9-11)16(21)15-13(17)7-4-8-14(15)18/h3-9H,2,10,19H2,1H3. The number of amides is 1. The third kappa shape index (κ3) is 3.37. The molecule has 0 aliphatic heterocycles. The second-order valence-corrected chi connectivity index (χ2v) is 4.66. The van der Waals surface area contributed by atoms with Crippen LogP contribution in [0.25, 0.3) is 0 Å². The van der Waals surface area contributed by atoms with Crippen LogP contribution in [0.15, 0.2) is 42.5 Å². The maximum absolute atomic E-state index is 13.7. The average Bonchev–Trinajstić information content (AvgIpc) is 2.44. The lowest BCUT2D eigenvalue weighted by Gasteiger charge is -2.21. The SMILES string of the molecule is CCN(Cc1cccc(N)c1)C(=O)c1c(F)cccc1F. The van der Waals surface area contributed by atoms with Crippen LogP contribution in [0.3, 0.4) is 0 Å². The first-order valence-corrected chi connectivity index (χ1v) is 6.60. The Morgan fingerprint density at radius 1 is 1.14 bits per heavy atom. The molecule has 0 aliphatic rings. The summed E-state index contributed by atoms with van der Waals surface area (Å²) in [5.74, 6) is -2.38. The summed E-state index contributed by atoms with van der Waals surface area (Å²) >= 11 is 0. The molecule has 0 radical (unpaired) electrons. The van der Waals surface area contributed by atoms with E-state index in [1.165, 1.54) is 11.0 Å². The molecule has 0 saturated carbocycles. The zero-order chi connectivity index (χ0) is 15.4. The van der Waals surface area contributed by atoms with E-state index in [2.05, 4.69) is 0 Å². The van der Waals surface area contributed by atoms with Gasteiger partial charge in [0.25, 0.3) is 5.91 Å². The molecule has 0 fully saturated rings. The summed E-state index contributed by atoms with van der Waals surface area (Å²) in [7, 11) is 0. The molecule has 2 aromatic rings. The largest absolute Gasteiger partial charge is 0.399 e. The van der Waals surface area contributed by atoms with Crippen molar-refractivity contribution in [3.63, 3.8) is 0 Å². The highest BCUT2D eigenvalue weighted by Crippen LogP contribution is 2.17. The molecule has 2 N–H and O–H groups in total. The minimum Gasteiger partial charge on any atom is -0.399 e. The highest BCUT2D eigenvalue weighted by Gasteiger charge is 2.22. The van der Waals surface area contributed by atoms with Gasteiger partial charge in [0.15, 0.2) is 0 Å². The summed E-state index contributed by atoms with van der Waals surface area (Å²) in [5, 5.41) is 0. The van der Waals surface area contributed by atoms with Crippen molar-refractivity contribution in [1.29, 1.82) is 0 Å². The lowest BCUT2D eigenvalue weighted by molar-refractivity contribution is 0.0742. The van der Waals surface area contributed by atoms with Crippen molar-refractivity contribution in [3.05, 3.63) is 65.2 Å². The lowest BCUT2D eigenvalue weighted by atomic mass is 10.1. The minimum atomic E-state index is -0.856. The molecule has 2 aromatic carbocycles. The third-order valence-electron chi connectivity index (χ3n) is 3.17. The Balaban J connectivity index is 2.27. The van der Waals surface area contributed by atoms with Crippen molar-refractivity contribution in [2.45, 2.75) is 13.5 Å². The van der Waals surface area contributed by atoms with Crippen molar-refractivity contribution >= 4 is 11.6 Å². The molecule has 0 unspecified atom stereocenters. The lowest BCUT2D eigenvalue weighted by Crippen LogP contribution is -2.31. The van der Waals surface area contributed by atoms with E-state index in [0.29, 0.717) is 12.2 Å². The molecule has 0 bridgehead atoms. The Morgan fingerprint density at radius 2 is 1.76 bits per heavy atom. The summed E-state index contributed by atoms with van der Waals surface area (Å²) < 4.78 is 27.4. The number of carbonyl (C=O) groups excluding carboxylic acids is 1. The van der Waals surface area contributed by atoms with Crippen LogP contribution in [0, 0.1) is 11.6 Å². The molecule has 0 spiro atoms. The monoisotopic (exact) mass is 290 g/mol. The van der Waals surface area contributed by atoms with Crippen LogP contribution >= 0.6 is 0 Å². The molecule has 0 heterocycles. The number of benzene rings is 2. The topological polar surface area (TPSA) is 46.3 Å². The van der Waals surface area contributed by atoms with Crippen molar-refractivity contribution in [3.8, 4) is 0 Å². The van der Waals surface area contributed by atoms with Gasteiger partial charge in [-0.2, -0.15) is 0 Å². The Kier molecular flexibility index (Phi) is 4.52. The molecule has 2 rings (SSSR count). The molecule has 0 aliphatic carbocycles. The van der Waals surface area contributed by atoms with Gasteiger partial charge in [-0.15, -0.1) is 0 Å². The first-order valence-electron chi connectivity index (χ1n) is 6.60. The summed E-state index contributed by atoms with van der Waals surface area (Å²) in [5.41, 5.74) is 6.55. The molecular weight excluding hydrogens is 274 g/mol. The molecule has 0 atom stereocenters. The highest BCUT2D eigenvalue weighted by molar-refractivity contribution is 5.94. The normalized spacial score (nSPS) is 10.4. The number of rotatable bonds is 4. The van der Waals surface area contributed by atoms with Crippen molar-refractivity contribution in [1.82, 2.24) is 4.90 Å². The molecular formula is C16H16F2N2O. The number of nitrogen functional groups attached to an aromatic ring is 1. The van der Waals surface area contributed by atoms with Gasteiger partial charge in [-0.3, -0.25) is 4.79 Å². The molecule has 0 saturated heterocycles. The Morgan fingerprint density at radius 3 is 2.33 bits per heavy atom. The van der Waals surface area contributed by atoms with Gasteiger partial charge in [0.05, 0.1) is 0 Å². The first kappa shape index (κ1) is 15.0. The minimum absolute atomic E-state index is 0.244. The Hall–Kier alpha value is -2.43. The van der Waals surface area contributed by atoms with E-state index in [4.69, 9.17) is 5.73 Å². The van der Waals surface area contributed by atoms with Crippen LogP contribution < -0.4 is 5.73 Å². The molecule has 110 valence electrons. The number of hydrogen-bond acceptors (Lipinski definition) is 2. The summed E-state index contributed by atoms with van der Waals surface area (Å²) in [6, 6.07) is 10.4. The number of halogens is 2. The van der Waals surface area contributed by atoms with Crippen molar-refractivity contribution in [2.24, 2.45) is 0 Å². The molecule has 1 amide bonds. The van der Waals surface area contributed by atoms with Gasteiger partial charge in [0, 0.05) is 18.8 Å². The Bertz CT molecular complexity index is 638. The molecule has 21 heavy (non-hydrogen) atoms. The highest BCUT2D eigenvalue weighted by atomic mass is 19.1. The van der Waals surface area contributed by atoms with E-state index in [1.54, 1.807) is 25.1 Å². The van der Waals surface area contributed by atoms with Crippen LogP contribution in [0.5, 0.6) is 0 Å². The second kappa shape index (κ2) is 6.35. The number of anilines is 1. The van der Waals surface area contributed by atoms with Crippen LogP contribution in [0.4, 0.5) is 14.5 Å². The smallest absolute Gasteiger partial charge is 0.260 e. The maximum atomic E-state index is 13.7. The maximum Gasteiger partial charge on any atom is 0.260 e. The predicted molar refractivity (Wildman–Crippen MR) is 77.6 cm³/mol. The van der Waals surface area contributed by atoms with Crippen LogP contribution in [0.1, 0.15) is 22.8 Å². The van der Waals surface area contributed by atoms with Crippen molar-refractivity contribution < 1.29 is 13.6 Å². The molecule has 5 heteroatoms. The molecule has 3 nitrogen and oxygen atoms in total. The summed E-state index contributed by atoms with van der Waals surface area (Å²) in [6.45, 7) is 2.33.